The highest BCUT2D eigenvalue weighted by Crippen LogP contribution is 2.16. The highest BCUT2D eigenvalue weighted by atomic mass is 32.2. The second-order valence-electron chi connectivity index (χ2n) is 2.20. The van der Waals surface area contributed by atoms with Crippen LogP contribution in [0.5, 0.6) is 0 Å². The van der Waals surface area contributed by atoms with Crippen LogP contribution in [0.3, 0.4) is 0 Å². The van der Waals surface area contributed by atoms with Crippen LogP contribution in [-0.2, 0) is 0 Å². The predicted octanol–water partition coefficient (Wildman–Crippen LogP) is 1.83. The molecule has 2 aromatic rings. The molecule has 1 heterocycles. The molecule has 0 radical (unpaired) electrons. The van der Waals surface area contributed by atoms with Crippen LogP contribution in [0.25, 0.3) is 0 Å². The minimum absolute atomic E-state index is 1.16. The van der Waals surface area contributed by atoms with Gasteiger partial charge in [-0.05, 0) is 12.1 Å². The van der Waals surface area contributed by atoms with Crippen molar-refractivity contribution in [2.24, 2.45) is 0 Å². The molecule has 0 aliphatic heterocycles. The number of hydrogen-bond donors (Lipinski definition) is 0. The monoisotopic (exact) mass is 177 g/mol. The minimum atomic E-state index is 1.16. The molecule has 0 amide bonds. The fourth-order valence-corrected chi connectivity index (χ4v) is 1.52. The summed E-state index contributed by atoms with van der Waals surface area (Å²) in [7, 11) is 0. The fourth-order valence-electron chi connectivity index (χ4n) is 0.834. The summed E-state index contributed by atoms with van der Waals surface area (Å²) in [6.07, 6.45) is 3.20. The Hall–Kier alpha value is -1.29. The van der Waals surface area contributed by atoms with Crippen LogP contribution in [0.2, 0.25) is 0 Å². The number of aromatic nitrogens is 3. The summed E-state index contributed by atoms with van der Waals surface area (Å²) in [5.74, 6) is 0. The quantitative estimate of drug-likeness (QED) is 0.701. The molecule has 0 saturated heterocycles. The van der Waals surface area contributed by atoms with Crippen molar-refractivity contribution in [1.82, 2.24) is 14.2 Å². The van der Waals surface area contributed by atoms with Crippen LogP contribution in [0, 0.1) is 0 Å². The van der Waals surface area contributed by atoms with Gasteiger partial charge in [-0.2, -0.15) is 4.09 Å². The van der Waals surface area contributed by atoms with Crippen molar-refractivity contribution in [2.75, 3.05) is 0 Å². The van der Waals surface area contributed by atoms with E-state index in [9.17, 15) is 0 Å². The summed E-state index contributed by atoms with van der Waals surface area (Å²) >= 11 is 1.54. The van der Waals surface area contributed by atoms with E-state index in [1.807, 2.05) is 30.3 Å². The Morgan fingerprint density at radius 3 is 2.67 bits per heavy atom. The molecule has 0 N–H and O–H groups in total. The number of benzene rings is 1. The van der Waals surface area contributed by atoms with E-state index in [4.69, 9.17) is 0 Å². The van der Waals surface area contributed by atoms with Crippen LogP contribution >= 0.6 is 11.9 Å². The zero-order chi connectivity index (χ0) is 8.23. The van der Waals surface area contributed by atoms with Gasteiger partial charge in [0, 0.05) is 16.8 Å². The molecule has 0 unspecified atom stereocenters. The van der Waals surface area contributed by atoms with Gasteiger partial charge < -0.3 is 0 Å². The normalized spacial score (nSPS) is 10.0. The maximum atomic E-state index is 3.98. The largest absolute Gasteiger partial charge is 0.222 e. The zero-order valence-electron chi connectivity index (χ0n) is 6.29. The van der Waals surface area contributed by atoms with Crippen LogP contribution in [0.15, 0.2) is 47.9 Å². The molecule has 0 aliphatic carbocycles. The van der Waals surface area contributed by atoms with Gasteiger partial charge in [0.05, 0.1) is 0 Å². The maximum absolute atomic E-state index is 3.98. The second-order valence-corrected chi connectivity index (χ2v) is 3.23. The summed E-state index contributed by atoms with van der Waals surface area (Å²) in [6, 6.07) is 10.1. The Bertz CT molecular complexity index is 330. The summed E-state index contributed by atoms with van der Waals surface area (Å²) in [5.41, 5.74) is 0. The third-order valence-electron chi connectivity index (χ3n) is 1.34. The second kappa shape index (κ2) is 3.40. The number of nitrogens with zero attached hydrogens (tertiary/aromatic N) is 3. The number of hydrogen-bond acceptors (Lipinski definition) is 3. The van der Waals surface area contributed by atoms with Gasteiger partial charge in [0.15, 0.2) is 0 Å². The Kier molecular flexibility index (Phi) is 2.09. The average molecular weight is 177 g/mol. The fraction of sp³-hybridized carbons (Fsp3) is 0. The molecule has 0 saturated carbocycles. The van der Waals surface area contributed by atoms with E-state index in [1.54, 1.807) is 10.4 Å². The average Bonchev–Trinajstić information content (AvgIpc) is 2.59. The minimum Gasteiger partial charge on any atom is -0.222 e. The van der Waals surface area contributed by atoms with Crippen molar-refractivity contribution < 1.29 is 0 Å². The van der Waals surface area contributed by atoms with Crippen LogP contribution in [0.1, 0.15) is 0 Å². The lowest BCUT2D eigenvalue weighted by Crippen LogP contribution is -1.85. The molecule has 12 heavy (non-hydrogen) atoms. The summed E-state index contributed by atoms with van der Waals surface area (Å²) in [6.45, 7) is 0. The van der Waals surface area contributed by atoms with Crippen molar-refractivity contribution in [3.63, 3.8) is 0 Å². The SMILES string of the molecule is c1ccc(Sn2cncn2)cc1. The van der Waals surface area contributed by atoms with Gasteiger partial charge in [-0.25, -0.2) is 4.98 Å². The molecule has 0 spiro atoms. The molecule has 2 rings (SSSR count). The topological polar surface area (TPSA) is 30.7 Å². The van der Waals surface area contributed by atoms with Crippen molar-refractivity contribution >= 4 is 11.9 Å². The van der Waals surface area contributed by atoms with Crippen molar-refractivity contribution in [3.8, 4) is 0 Å². The van der Waals surface area contributed by atoms with E-state index in [0.29, 0.717) is 0 Å². The Morgan fingerprint density at radius 2 is 2.00 bits per heavy atom. The first-order valence-electron chi connectivity index (χ1n) is 3.53. The summed E-state index contributed by atoms with van der Waals surface area (Å²) < 4.78 is 1.72. The first-order chi connectivity index (χ1) is 5.95. The molecule has 60 valence electrons. The van der Waals surface area contributed by atoms with Crippen LogP contribution < -0.4 is 0 Å². The molecule has 0 aliphatic rings. The first-order valence-corrected chi connectivity index (χ1v) is 4.30. The Morgan fingerprint density at radius 1 is 1.17 bits per heavy atom. The van der Waals surface area contributed by atoms with Gasteiger partial charge in [0.1, 0.15) is 12.7 Å². The lowest BCUT2D eigenvalue weighted by Gasteiger charge is -1.97. The lowest BCUT2D eigenvalue weighted by molar-refractivity contribution is 1.01. The molecule has 0 fully saturated rings. The van der Waals surface area contributed by atoms with E-state index in [2.05, 4.69) is 10.1 Å². The van der Waals surface area contributed by atoms with Crippen molar-refractivity contribution in [3.05, 3.63) is 43.0 Å². The lowest BCUT2D eigenvalue weighted by atomic mass is 10.4. The standard InChI is InChI=1S/C8H7N3S/c1-2-4-8(5-3-1)12-11-7-9-6-10-11/h1-7H. The van der Waals surface area contributed by atoms with E-state index < -0.39 is 0 Å². The van der Waals surface area contributed by atoms with Crippen LogP contribution in [0.4, 0.5) is 0 Å². The van der Waals surface area contributed by atoms with Crippen molar-refractivity contribution in [2.45, 2.75) is 4.90 Å². The summed E-state index contributed by atoms with van der Waals surface area (Å²) in [4.78, 5) is 5.00. The molecule has 0 bridgehead atoms. The molecule has 1 aromatic carbocycles. The Balaban J connectivity index is 2.15. The molecule has 4 heteroatoms. The predicted molar refractivity (Wildman–Crippen MR) is 47.7 cm³/mol. The van der Waals surface area contributed by atoms with E-state index in [-0.39, 0.29) is 0 Å². The van der Waals surface area contributed by atoms with Crippen LogP contribution in [-0.4, -0.2) is 14.2 Å². The van der Waals surface area contributed by atoms with E-state index in [1.165, 1.54) is 18.3 Å². The molecular weight excluding hydrogens is 170 g/mol. The summed E-state index contributed by atoms with van der Waals surface area (Å²) in [5, 5.41) is 3.98. The molecule has 1 aromatic heterocycles. The molecule has 0 atom stereocenters. The van der Waals surface area contributed by atoms with Crippen molar-refractivity contribution in [1.29, 1.82) is 0 Å². The van der Waals surface area contributed by atoms with Gasteiger partial charge in [-0.15, -0.1) is 5.10 Å². The van der Waals surface area contributed by atoms with E-state index in [0.717, 1.165) is 4.90 Å². The third kappa shape index (κ3) is 1.65. The zero-order valence-corrected chi connectivity index (χ0v) is 7.11. The van der Waals surface area contributed by atoms with Gasteiger partial charge in [-0.1, -0.05) is 18.2 Å². The highest BCUT2D eigenvalue weighted by molar-refractivity contribution is 7.97. The molecular formula is C8H7N3S. The van der Waals surface area contributed by atoms with Gasteiger partial charge in [0.25, 0.3) is 0 Å². The number of rotatable bonds is 2. The maximum Gasteiger partial charge on any atom is 0.138 e. The van der Waals surface area contributed by atoms with Gasteiger partial charge in [-0.3, -0.25) is 0 Å². The Labute approximate surface area is 74.6 Å². The first kappa shape index (κ1) is 7.36. The van der Waals surface area contributed by atoms with Gasteiger partial charge in [0.2, 0.25) is 0 Å². The van der Waals surface area contributed by atoms with Gasteiger partial charge >= 0.3 is 0 Å². The molecule has 3 nitrogen and oxygen atoms in total. The van der Waals surface area contributed by atoms with E-state index >= 15 is 0 Å². The smallest absolute Gasteiger partial charge is 0.138 e. The third-order valence-corrected chi connectivity index (χ3v) is 2.20. The highest BCUT2D eigenvalue weighted by Gasteiger charge is 1.93.